The number of alkyl halides is 3. The first-order valence-corrected chi connectivity index (χ1v) is 10.4. The van der Waals surface area contributed by atoms with E-state index in [1.807, 2.05) is 0 Å². The minimum absolute atomic E-state index is 0.0836. The Bertz CT molecular complexity index is 1180. The Morgan fingerprint density at radius 1 is 1.15 bits per heavy atom. The highest BCUT2D eigenvalue weighted by Crippen LogP contribution is 2.31. The van der Waals surface area contributed by atoms with Crippen molar-refractivity contribution in [3.05, 3.63) is 70.1 Å². The second-order valence-corrected chi connectivity index (χ2v) is 7.67. The van der Waals surface area contributed by atoms with Gasteiger partial charge in [-0.15, -0.1) is 5.10 Å². The number of carbonyl (C=O) groups is 2. The Morgan fingerprint density at radius 3 is 2.65 bits per heavy atom. The number of amides is 1. The van der Waals surface area contributed by atoms with Gasteiger partial charge in [-0.25, -0.2) is 4.79 Å². The van der Waals surface area contributed by atoms with E-state index in [9.17, 15) is 22.8 Å². The van der Waals surface area contributed by atoms with E-state index in [1.165, 1.54) is 32.6 Å². The van der Waals surface area contributed by atoms with Gasteiger partial charge in [0.1, 0.15) is 6.61 Å². The lowest BCUT2D eigenvalue weighted by atomic mass is 10.1. The van der Waals surface area contributed by atoms with Crippen molar-refractivity contribution < 1.29 is 37.0 Å². The van der Waals surface area contributed by atoms with Gasteiger partial charge in [0.05, 0.1) is 30.9 Å². The Labute approximate surface area is 196 Å². The van der Waals surface area contributed by atoms with Crippen LogP contribution in [0.4, 0.5) is 13.2 Å². The SMILES string of the molecule is COC(=O)/C=C1/S/C(=N\N=Cc2ccc(OCc3cccc(C(F)(F)F)c3)c(OC)c2)NC1=O. The first-order valence-electron chi connectivity index (χ1n) is 9.56. The third-order valence-electron chi connectivity index (χ3n) is 4.29. The van der Waals surface area contributed by atoms with Crippen LogP contribution in [0.2, 0.25) is 0 Å². The number of esters is 1. The maximum Gasteiger partial charge on any atom is 0.416 e. The van der Waals surface area contributed by atoms with Gasteiger partial charge in [-0.05, 0) is 53.2 Å². The third kappa shape index (κ3) is 6.61. The molecule has 0 aliphatic carbocycles. The number of rotatable bonds is 7. The van der Waals surface area contributed by atoms with Crippen molar-refractivity contribution in [2.75, 3.05) is 14.2 Å². The lowest BCUT2D eigenvalue weighted by Gasteiger charge is -2.12. The lowest BCUT2D eigenvalue weighted by Crippen LogP contribution is -2.19. The van der Waals surface area contributed by atoms with Gasteiger partial charge >= 0.3 is 12.1 Å². The molecule has 0 radical (unpaired) electrons. The summed E-state index contributed by atoms with van der Waals surface area (Å²) in [5.74, 6) is -0.479. The van der Waals surface area contributed by atoms with Crippen molar-refractivity contribution in [1.82, 2.24) is 5.32 Å². The summed E-state index contributed by atoms with van der Waals surface area (Å²) in [6.07, 6.45) is -1.98. The Kier molecular flexibility index (Phi) is 7.95. The molecule has 1 N–H and O–H groups in total. The average Bonchev–Trinajstić information content (AvgIpc) is 3.16. The number of hydrogen-bond donors (Lipinski definition) is 1. The van der Waals surface area contributed by atoms with E-state index in [4.69, 9.17) is 9.47 Å². The fourth-order valence-corrected chi connectivity index (χ4v) is 3.41. The third-order valence-corrected chi connectivity index (χ3v) is 5.19. The molecule has 12 heteroatoms. The lowest BCUT2D eigenvalue weighted by molar-refractivity contribution is -0.137. The highest BCUT2D eigenvalue weighted by atomic mass is 32.2. The molecule has 1 aliphatic heterocycles. The molecule has 0 saturated carbocycles. The first kappa shape index (κ1) is 24.8. The summed E-state index contributed by atoms with van der Waals surface area (Å²) in [7, 11) is 2.62. The van der Waals surface area contributed by atoms with E-state index in [2.05, 4.69) is 20.3 Å². The molecule has 1 saturated heterocycles. The van der Waals surface area contributed by atoms with Crippen molar-refractivity contribution >= 4 is 35.0 Å². The molecule has 1 aliphatic rings. The number of hydrogen-bond acceptors (Lipinski definition) is 8. The van der Waals surface area contributed by atoms with Crippen LogP contribution < -0.4 is 14.8 Å². The monoisotopic (exact) mass is 493 g/mol. The summed E-state index contributed by atoms with van der Waals surface area (Å²) in [6, 6.07) is 9.72. The summed E-state index contributed by atoms with van der Waals surface area (Å²) in [4.78, 5) is 23.2. The average molecular weight is 493 g/mol. The number of ether oxygens (including phenoxy) is 3. The molecule has 8 nitrogen and oxygen atoms in total. The smallest absolute Gasteiger partial charge is 0.416 e. The zero-order valence-corrected chi connectivity index (χ0v) is 18.7. The van der Waals surface area contributed by atoms with Crippen molar-refractivity contribution in [2.45, 2.75) is 12.8 Å². The molecule has 0 bridgehead atoms. The summed E-state index contributed by atoms with van der Waals surface area (Å²) in [5.41, 5.74) is 0.195. The highest BCUT2D eigenvalue weighted by molar-refractivity contribution is 8.18. The fraction of sp³-hybridized carbons (Fsp3) is 0.182. The Morgan fingerprint density at radius 2 is 1.94 bits per heavy atom. The molecule has 3 rings (SSSR count). The number of nitrogens with one attached hydrogen (secondary N) is 1. The van der Waals surface area contributed by atoms with Crippen molar-refractivity contribution in [3.63, 3.8) is 0 Å². The first-order chi connectivity index (χ1) is 16.2. The van der Waals surface area contributed by atoms with E-state index >= 15 is 0 Å². The highest BCUT2D eigenvalue weighted by Gasteiger charge is 2.30. The van der Waals surface area contributed by atoms with E-state index in [-0.39, 0.29) is 16.7 Å². The largest absolute Gasteiger partial charge is 0.493 e. The predicted octanol–water partition coefficient (Wildman–Crippen LogP) is 3.90. The Balaban J connectivity index is 1.66. The summed E-state index contributed by atoms with van der Waals surface area (Å²) < 4.78 is 54.0. The fourth-order valence-electron chi connectivity index (χ4n) is 2.67. The van der Waals surface area contributed by atoms with E-state index in [0.29, 0.717) is 22.6 Å². The van der Waals surface area contributed by atoms with Crippen LogP contribution in [0.5, 0.6) is 11.5 Å². The van der Waals surface area contributed by atoms with Gasteiger partial charge in [0.25, 0.3) is 5.91 Å². The molecule has 1 heterocycles. The molecule has 2 aromatic rings. The Hall–Kier alpha value is -3.80. The van der Waals surface area contributed by atoms with E-state index in [0.717, 1.165) is 30.0 Å². The maximum atomic E-state index is 12.9. The zero-order valence-electron chi connectivity index (χ0n) is 17.9. The molecule has 1 fully saturated rings. The number of benzene rings is 2. The molecule has 0 spiro atoms. The van der Waals surface area contributed by atoms with Gasteiger partial charge < -0.3 is 14.2 Å². The zero-order chi connectivity index (χ0) is 24.7. The van der Waals surface area contributed by atoms with Crippen molar-refractivity contribution in [2.24, 2.45) is 10.2 Å². The maximum absolute atomic E-state index is 12.9. The van der Waals surface area contributed by atoms with Crippen LogP contribution in [0.25, 0.3) is 0 Å². The van der Waals surface area contributed by atoms with Gasteiger partial charge in [-0.2, -0.15) is 18.3 Å². The van der Waals surface area contributed by atoms with Crippen LogP contribution in [-0.2, 0) is 27.1 Å². The molecule has 2 aromatic carbocycles. The molecular formula is C22H18F3N3O5S. The molecule has 34 heavy (non-hydrogen) atoms. The van der Waals surface area contributed by atoms with Crippen molar-refractivity contribution in [1.29, 1.82) is 0 Å². The molecular weight excluding hydrogens is 475 g/mol. The van der Waals surface area contributed by atoms with Crippen LogP contribution in [0.3, 0.4) is 0 Å². The number of halogens is 3. The van der Waals surface area contributed by atoms with Crippen LogP contribution in [0, 0.1) is 0 Å². The summed E-state index contributed by atoms with van der Waals surface area (Å²) in [6.45, 7) is -0.0836. The molecule has 0 aromatic heterocycles. The summed E-state index contributed by atoms with van der Waals surface area (Å²) >= 11 is 0.935. The van der Waals surface area contributed by atoms with Gasteiger partial charge in [0, 0.05) is 6.08 Å². The van der Waals surface area contributed by atoms with Gasteiger partial charge in [0.15, 0.2) is 16.7 Å². The number of nitrogens with zero attached hydrogens (tertiary/aromatic N) is 2. The second-order valence-electron chi connectivity index (χ2n) is 6.63. The van der Waals surface area contributed by atoms with Gasteiger partial charge in [-0.1, -0.05) is 12.1 Å². The quantitative estimate of drug-likeness (QED) is 0.272. The summed E-state index contributed by atoms with van der Waals surface area (Å²) in [5, 5.41) is 10.4. The van der Waals surface area contributed by atoms with Crippen LogP contribution in [0.1, 0.15) is 16.7 Å². The van der Waals surface area contributed by atoms with E-state index in [1.54, 1.807) is 18.2 Å². The minimum Gasteiger partial charge on any atom is -0.493 e. The standard InChI is InChI=1S/C22H18F3N3O5S/c1-31-17-9-13(11-26-28-21-27-20(30)18(34-21)10-19(29)32-2)6-7-16(17)33-12-14-4-3-5-15(8-14)22(23,24)25/h3-11H,12H2,1-2H3,(H,27,28,30)/b18-10+,26-11?. The van der Waals surface area contributed by atoms with Crippen molar-refractivity contribution in [3.8, 4) is 11.5 Å². The van der Waals surface area contributed by atoms with Gasteiger partial charge in [-0.3, -0.25) is 10.1 Å². The van der Waals surface area contributed by atoms with E-state index < -0.39 is 23.6 Å². The van der Waals surface area contributed by atoms with Gasteiger partial charge in [0.2, 0.25) is 0 Å². The number of methoxy groups -OCH3 is 2. The van der Waals surface area contributed by atoms with Crippen LogP contribution >= 0.6 is 11.8 Å². The van der Waals surface area contributed by atoms with Crippen LogP contribution in [0.15, 0.2) is 63.6 Å². The molecule has 0 unspecified atom stereocenters. The molecule has 1 amide bonds. The minimum atomic E-state index is -4.43. The normalized spacial score (nSPS) is 16.2. The molecule has 0 atom stereocenters. The predicted molar refractivity (Wildman–Crippen MR) is 120 cm³/mol. The molecule has 178 valence electrons. The van der Waals surface area contributed by atoms with Crippen LogP contribution in [-0.4, -0.2) is 37.5 Å². The second kappa shape index (κ2) is 10.9. The topological polar surface area (TPSA) is 98.6 Å². The number of carbonyl (C=O) groups excluding carboxylic acids is 2. The number of thioether (sulfide) groups is 1. The number of amidine groups is 1.